The molecule has 0 bridgehead atoms. The standard InChI is InChI=1S/C12H11BrO4/c13-6-8(14)7-16-11-5-12(15)17-10-4-2-1-3-9(10)11/h1-5,8,14H,6-7H2. The first-order valence-corrected chi connectivity index (χ1v) is 6.22. The number of hydrogen-bond donors (Lipinski definition) is 1. The zero-order valence-electron chi connectivity index (χ0n) is 8.93. The molecular weight excluding hydrogens is 288 g/mol. The first-order valence-electron chi connectivity index (χ1n) is 5.10. The van der Waals surface area contributed by atoms with E-state index in [1.165, 1.54) is 6.07 Å². The number of fused-ring (bicyclic) bond motifs is 1. The lowest BCUT2D eigenvalue weighted by molar-refractivity contribution is 0.128. The van der Waals surface area contributed by atoms with Gasteiger partial charge < -0.3 is 14.3 Å². The average Bonchev–Trinajstić information content (AvgIpc) is 2.35. The second kappa shape index (κ2) is 5.33. The Morgan fingerprint density at radius 3 is 2.94 bits per heavy atom. The molecular formula is C12H11BrO4. The molecule has 0 amide bonds. The van der Waals surface area contributed by atoms with Crippen molar-refractivity contribution >= 4 is 26.9 Å². The Morgan fingerprint density at radius 2 is 2.18 bits per heavy atom. The van der Waals surface area contributed by atoms with Crippen molar-refractivity contribution in [3.63, 3.8) is 0 Å². The molecule has 0 fully saturated rings. The molecule has 1 N–H and O–H groups in total. The molecule has 2 aromatic rings. The number of halogens is 1. The van der Waals surface area contributed by atoms with Crippen molar-refractivity contribution in [3.8, 4) is 5.75 Å². The summed E-state index contributed by atoms with van der Waals surface area (Å²) in [5.41, 5.74) is 0.00960. The Labute approximate surface area is 106 Å². The Kier molecular flexibility index (Phi) is 3.81. The van der Waals surface area contributed by atoms with Gasteiger partial charge in [0.1, 0.15) is 17.9 Å². The van der Waals surface area contributed by atoms with Gasteiger partial charge in [0.25, 0.3) is 0 Å². The van der Waals surface area contributed by atoms with E-state index in [0.29, 0.717) is 22.0 Å². The van der Waals surface area contributed by atoms with Crippen molar-refractivity contribution < 1.29 is 14.3 Å². The number of aliphatic hydroxyl groups excluding tert-OH is 1. The third-order valence-electron chi connectivity index (χ3n) is 2.22. The van der Waals surface area contributed by atoms with Gasteiger partial charge in [0.2, 0.25) is 0 Å². The summed E-state index contributed by atoms with van der Waals surface area (Å²) in [5.74, 6) is 0.428. The fourth-order valence-corrected chi connectivity index (χ4v) is 1.62. The lowest BCUT2D eigenvalue weighted by Crippen LogP contribution is -2.19. The summed E-state index contributed by atoms with van der Waals surface area (Å²) in [4.78, 5) is 11.3. The van der Waals surface area contributed by atoms with Gasteiger partial charge in [-0.1, -0.05) is 28.1 Å². The van der Waals surface area contributed by atoms with Crippen molar-refractivity contribution in [1.29, 1.82) is 0 Å². The smallest absolute Gasteiger partial charge is 0.339 e. The summed E-state index contributed by atoms with van der Waals surface area (Å²) in [6.07, 6.45) is -0.610. The van der Waals surface area contributed by atoms with Crippen LogP contribution in [-0.4, -0.2) is 23.1 Å². The minimum atomic E-state index is -0.610. The number of para-hydroxylation sites is 1. The van der Waals surface area contributed by atoms with Gasteiger partial charge in [-0.3, -0.25) is 0 Å². The summed E-state index contributed by atoms with van der Waals surface area (Å²) in [7, 11) is 0. The van der Waals surface area contributed by atoms with Crippen LogP contribution in [0.1, 0.15) is 0 Å². The molecule has 90 valence electrons. The molecule has 1 aromatic heterocycles. The highest BCUT2D eigenvalue weighted by atomic mass is 79.9. The molecule has 17 heavy (non-hydrogen) atoms. The molecule has 0 saturated carbocycles. The minimum Gasteiger partial charge on any atom is -0.490 e. The van der Waals surface area contributed by atoms with Crippen molar-refractivity contribution in [2.24, 2.45) is 0 Å². The quantitative estimate of drug-likeness (QED) is 0.692. The van der Waals surface area contributed by atoms with Crippen molar-refractivity contribution in [2.75, 3.05) is 11.9 Å². The normalized spacial score (nSPS) is 12.6. The van der Waals surface area contributed by atoms with Crippen LogP contribution >= 0.6 is 15.9 Å². The average molecular weight is 299 g/mol. The minimum absolute atomic E-state index is 0.124. The number of ether oxygens (including phenoxy) is 1. The van der Waals surface area contributed by atoms with Crippen LogP contribution in [0.25, 0.3) is 11.0 Å². The van der Waals surface area contributed by atoms with Crippen LogP contribution in [-0.2, 0) is 0 Å². The van der Waals surface area contributed by atoms with Crippen LogP contribution in [0.5, 0.6) is 5.75 Å². The van der Waals surface area contributed by atoms with Crippen LogP contribution in [0.4, 0.5) is 0 Å². The number of aliphatic hydroxyl groups is 1. The van der Waals surface area contributed by atoms with Crippen molar-refractivity contribution in [1.82, 2.24) is 0 Å². The van der Waals surface area contributed by atoms with Crippen LogP contribution in [0.3, 0.4) is 0 Å². The van der Waals surface area contributed by atoms with Gasteiger partial charge >= 0.3 is 5.63 Å². The number of alkyl halides is 1. The zero-order valence-corrected chi connectivity index (χ0v) is 10.5. The van der Waals surface area contributed by atoms with Crippen molar-refractivity contribution in [3.05, 3.63) is 40.8 Å². The first-order chi connectivity index (χ1) is 8.20. The number of rotatable bonds is 4. The van der Waals surface area contributed by atoms with E-state index in [4.69, 9.17) is 9.15 Å². The maximum atomic E-state index is 11.3. The molecule has 1 aromatic carbocycles. The Balaban J connectivity index is 2.35. The Bertz CT molecular complexity index is 564. The molecule has 1 atom stereocenters. The summed E-state index contributed by atoms with van der Waals surface area (Å²) >= 11 is 3.14. The van der Waals surface area contributed by atoms with Gasteiger partial charge in [0.05, 0.1) is 17.6 Å². The summed E-state index contributed by atoms with van der Waals surface area (Å²) in [6.45, 7) is 0.124. The van der Waals surface area contributed by atoms with E-state index in [9.17, 15) is 9.90 Å². The highest BCUT2D eigenvalue weighted by Gasteiger charge is 2.08. The van der Waals surface area contributed by atoms with E-state index in [0.717, 1.165) is 0 Å². The fraction of sp³-hybridized carbons (Fsp3) is 0.250. The molecule has 0 spiro atoms. The van der Waals surface area contributed by atoms with E-state index in [1.807, 2.05) is 6.07 Å². The lowest BCUT2D eigenvalue weighted by Gasteiger charge is -2.10. The van der Waals surface area contributed by atoms with Gasteiger partial charge in [-0.25, -0.2) is 4.79 Å². The van der Waals surface area contributed by atoms with Crippen molar-refractivity contribution in [2.45, 2.75) is 6.10 Å². The second-order valence-corrected chi connectivity index (χ2v) is 4.19. The van der Waals surface area contributed by atoms with Crippen LogP contribution in [0.2, 0.25) is 0 Å². The summed E-state index contributed by atoms with van der Waals surface area (Å²) < 4.78 is 10.4. The fourth-order valence-electron chi connectivity index (χ4n) is 1.43. The van der Waals surface area contributed by atoms with Gasteiger partial charge in [0.15, 0.2) is 0 Å². The van der Waals surface area contributed by atoms with Crippen LogP contribution in [0.15, 0.2) is 39.5 Å². The second-order valence-electron chi connectivity index (χ2n) is 3.54. The first kappa shape index (κ1) is 12.1. The molecule has 0 aliphatic heterocycles. The third kappa shape index (κ3) is 2.87. The monoisotopic (exact) mass is 298 g/mol. The largest absolute Gasteiger partial charge is 0.490 e. The lowest BCUT2D eigenvalue weighted by atomic mass is 10.2. The Hall–Kier alpha value is -1.33. The molecule has 1 heterocycles. The van der Waals surface area contributed by atoms with Gasteiger partial charge in [0, 0.05) is 5.33 Å². The summed E-state index contributed by atoms with van der Waals surface area (Å²) in [6, 6.07) is 8.39. The maximum absolute atomic E-state index is 11.3. The number of benzene rings is 1. The van der Waals surface area contributed by atoms with Crippen LogP contribution < -0.4 is 10.4 Å². The van der Waals surface area contributed by atoms with E-state index in [1.54, 1.807) is 18.2 Å². The topological polar surface area (TPSA) is 59.7 Å². The molecule has 0 radical (unpaired) electrons. The predicted octanol–water partition coefficient (Wildman–Crippen LogP) is 1.93. The third-order valence-corrected chi connectivity index (χ3v) is 2.97. The molecule has 4 nitrogen and oxygen atoms in total. The summed E-state index contributed by atoms with van der Waals surface area (Å²) in [5, 5.41) is 10.5. The molecule has 2 rings (SSSR count). The molecule has 5 heteroatoms. The molecule has 1 unspecified atom stereocenters. The molecule has 0 aliphatic carbocycles. The van der Waals surface area contributed by atoms with E-state index >= 15 is 0 Å². The zero-order chi connectivity index (χ0) is 12.3. The maximum Gasteiger partial charge on any atom is 0.339 e. The van der Waals surface area contributed by atoms with E-state index in [-0.39, 0.29) is 6.61 Å². The van der Waals surface area contributed by atoms with E-state index in [2.05, 4.69) is 15.9 Å². The molecule has 0 saturated heterocycles. The Morgan fingerprint density at radius 1 is 1.41 bits per heavy atom. The number of hydrogen-bond acceptors (Lipinski definition) is 4. The highest BCUT2D eigenvalue weighted by Crippen LogP contribution is 2.23. The van der Waals surface area contributed by atoms with E-state index < -0.39 is 11.7 Å². The van der Waals surface area contributed by atoms with Gasteiger partial charge in [-0.15, -0.1) is 0 Å². The molecule has 0 aliphatic rings. The SMILES string of the molecule is O=c1cc(OCC(O)CBr)c2ccccc2o1. The predicted molar refractivity (Wildman–Crippen MR) is 67.8 cm³/mol. The van der Waals surface area contributed by atoms with Gasteiger partial charge in [-0.2, -0.15) is 0 Å². The highest BCUT2D eigenvalue weighted by molar-refractivity contribution is 9.09. The van der Waals surface area contributed by atoms with Gasteiger partial charge in [-0.05, 0) is 12.1 Å². The van der Waals surface area contributed by atoms with Crippen LogP contribution in [0, 0.1) is 0 Å².